The Bertz CT molecular complexity index is 991. The molecule has 0 saturated heterocycles. The van der Waals surface area contributed by atoms with Gasteiger partial charge in [-0.15, -0.1) is 0 Å². The summed E-state index contributed by atoms with van der Waals surface area (Å²) in [6, 6.07) is 12.4. The Hall–Kier alpha value is -2.22. The molecule has 0 saturated carbocycles. The van der Waals surface area contributed by atoms with E-state index in [0.29, 0.717) is 5.58 Å². The van der Waals surface area contributed by atoms with Crippen molar-refractivity contribution in [3.05, 3.63) is 65.7 Å². The number of aryl methyl sites for hydroxylation is 1. The predicted octanol–water partition coefficient (Wildman–Crippen LogP) is 3.07. The summed E-state index contributed by atoms with van der Waals surface area (Å²) < 4.78 is 46.0. The molecule has 1 unspecified atom stereocenters. The van der Waals surface area contributed by atoms with Crippen molar-refractivity contribution in [1.29, 1.82) is 0 Å². The fraction of sp³-hybridized carbons (Fsp3) is 0.222. The van der Waals surface area contributed by atoms with Crippen molar-refractivity contribution in [1.82, 2.24) is 4.72 Å². The Morgan fingerprint density at radius 2 is 1.92 bits per heavy atom. The van der Waals surface area contributed by atoms with Gasteiger partial charge in [-0.05, 0) is 49.7 Å². The first-order chi connectivity index (χ1) is 11.7. The molecule has 5 nitrogen and oxygen atoms in total. The summed E-state index contributed by atoms with van der Waals surface area (Å²) in [4.78, 5) is -0.0330. The third kappa shape index (κ3) is 3.58. The zero-order chi connectivity index (χ0) is 18.2. The second-order valence-corrected chi connectivity index (χ2v) is 7.89. The van der Waals surface area contributed by atoms with Crippen LogP contribution in [-0.4, -0.2) is 20.1 Å². The number of benzene rings is 2. The summed E-state index contributed by atoms with van der Waals surface area (Å²) in [5, 5.41) is 11.4. The van der Waals surface area contributed by atoms with Gasteiger partial charge in [0.15, 0.2) is 0 Å². The van der Waals surface area contributed by atoms with E-state index in [1.54, 1.807) is 12.1 Å². The fourth-order valence-electron chi connectivity index (χ4n) is 2.56. The van der Waals surface area contributed by atoms with E-state index in [2.05, 4.69) is 4.72 Å². The van der Waals surface area contributed by atoms with Gasteiger partial charge >= 0.3 is 0 Å². The van der Waals surface area contributed by atoms with Crippen molar-refractivity contribution in [2.45, 2.75) is 24.3 Å². The molecule has 0 aliphatic heterocycles. The van der Waals surface area contributed by atoms with E-state index in [4.69, 9.17) is 4.42 Å². The molecule has 3 aromatic rings. The quantitative estimate of drug-likeness (QED) is 0.730. The number of furan rings is 1. The van der Waals surface area contributed by atoms with Crippen LogP contribution in [0.4, 0.5) is 4.39 Å². The van der Waals surface area contributed by atoms with Crippen LogP contribution in [0.3, 0.4) is 0 Å². The maximum Gasteiger partial charge on any atom is 0.240 e. The molecule has 3 rings (SSSR count). The lowest BCUT2D eigenvalue weighted by atomic mass is 10.0. The van der Waals surface area contributed by atoms with Crippen molar-refractivity contribution >= 4 is 21.0 Å². The van der Waals surface area contributed by atoms with E-state index in [9.17, 15) is 17.9 Å². The zero-order valence-corrected chi connectivity index (χ0v) is 14.6. The van der Waals surface area contributed by atoms with Gasteiger partial charge in [-0.3, -0.25) is 0 Å². The van der Waals surface area contributed by atoms with Crippen LogP contribution in [0.25, 0.3) is 11.0 Å². The van der Waals surface area contributed by atoms with E-state index in [-0.39, 0.29) is 22.8 Å². The first-order valence-corrected chi connectivity index (χ1v) is 9.15. The van der Waals surface area contributed by atoms with Crippen LogP contribution >= 0.6 is 0 Å². The molecule has 0 aliphatic carbocycles. The second kappa shape index (κ2) is 6.25. The van der Waals surface area contributed by atoms with Crippen LogP contribution in [0.15, 0.2) is 57.8 Å². The standard InChI is InChI=1S/C18H18FNO4S/c1-12-9-14(19)7-8-16(12)25(22,23)20-11-18(2,21)17-10-13-5-3-4-6-15(13)24-17/h3-10,20-21H,11H2,1-2H3. The summed E-state index contributed by atoms with van der Waals surface area (Å²) in [6.07, 6.45) is 0. The van der Waals surface area contributed by atoms with Crippen LogP contribution in [0.2, 0.25) is 0 Å². The van der Waals surface area contributed by atoms with Crippen molar-refractivity contribution in [2.75, 3.05) is 6.54 Å². The summed E-state index contributed by atoms with van der Waals surface area (Å²) in [5.74, 6) is -0.252. The Kier molecular flexibility index (Phi) is 4.40. The summed E-state index contributed by atoms with van der Waals surface area (Å²) in [7, 11) is -3.90. The van der Waals surface area contributed by atoms with Gasteiger partial charge in [-0.2, -0.15) is 0 Å². The molecule has 0 aliphatic rings. The van der Waals surface area contributed by atoms with Gasteiger partial charge in [0, 0.05) is 11.9 Å². The SMILES string of the molecule is Cc1cc(F)ccc1S(=O)(=O)NCC(C)(O)c1cc2ccccc2o1. The first-order valence-electron chi connectivity index (χ1n) is 7.66. The van der Waals surface area contributed by atoms with E-state index in [1.165, 1.54) is 19.9 Å². The summed E-state index contributed by atoms with van der Waals surface area (Å²) in [6.45, 7) is 2.69. The van der Waals surface area contributed by atoms with E-state index < -0.39 is 21.4 Å². The predicted molar refractivity (Wildman–Crippen MR) is 92.1 cm³/mol. The molecular weight excluding hydrogens is 345 g/mol. The average molecular weight is 363 g/mol. The highest BCUT2D eigenvalue weighted by Gasteiger charge is 2.30. The number of hydrogen-bond acceptors (Lipinski definition) is 4. The van der Waals surface area contributed by atoms with E-state index >= 15 is 0 Å². The lowest BCUT2D eigenvalue weighted by Gasteiger charge is -2.21. The van der Waals surface area contributed by atoms with E-state index in [1.807, 2.05) is 18.2 Å². The number of halogens is 1. The normalized spacial score (nSPS) is 14.6. The van der Waals surface area contributed by atoms with Gasteiger partial charge in [-0.1, -0.05) is 18.2 Å². The molecular formula is C18H18FNO4S. The fourth-order valence-corrected chi connectivity index (χ4v) is 3.92. The molecule has 2 aromatic carbocycles. The minimum Gasteiger partial charge on any atom is -0.458 e. The van der Waals surface area contributed by atoms with Gasteiger partial charge in [0.25, 0.3) is 0 Å². The highest BCUT2D eigenvalue weighted by molar-refractivity contribution is 7.89. The molecule has 2 N–H and O–H groups in total. The lowest BCUT2D eigenvalue weighted by Crippen LogP contribution is -2.38. The summed E-state index contributed by atoms with van der Waals surface area (Å²) in [5.41, 5.74) is -0.647. The first kappa shape index (κ1) is 17.6. The lowest BCUT2D eigenvalue weighted by molar-refractivity contribution is 0.0412. The van der Waals surface area contributed by atoms with Crippen molar-refractivity contribution in [3.8, 4) is 0 Å². The van der Waals surface area contributed by atoms with Crippen molar-refractivity contribution in [2.24, 2.45) is 0 Å². The maximum absolute atomic E-state index is 13.2. The molecule has 0 bridgehead atoms. The minimum absolute atomic E-state index is 0.0330. The number of rotatable bonds is 5. The zero-order valence-electron chi connectivity index (χ0n) is 13.8. The van der Waals surface area contributed by atoms with Gasteiger partial charge in [0.1, 0.15) is 22.8 Å². The van der Waals surface area contributed by atoms with Gasteiger partial charge in [-0.25, -0.2) is 17.5 Å². The molecule has 1 aromatic heterocycles. The average Bonchev–Trinajstić information content (AvgIpc) is 2.98. The Morgan fingerprint density at radius 3 is 2.60 bits per heavy atom. The molecule has 0 radical (unpaired) electrons. The van der Waals surface area contributed by atoms with E-state index in [0.717, 1.165) is 17.5 Å². The van der Waals surface area contributed by atoms with Crippen molar-refractivity contribution < 1.29 is 22.3 Å². The van der Waals surface area contributed by atoms with Crippen LogP contribution < -0.4 is 4.72 Å². The van der Waals surface area contributed by atoms with Gasteiger partial charge in [0.2, 0.25) is 10.0 Å². The van der Waals surface area contributed by atoms with Gasteiger partial charge in [0.05, 0.1) is 4.90 Å². The molecule has 7 heteroatoms. The third-order valence-corrected chi connectivity index (χ3v) is 5.55. The Balaban J connectivity index is 1.83. The van der Waals surface area contributed by atoms with Crippen LogP contribution in [0.5, 0.6) is 0 Å². The third-order valence-electron chi connectivity index (χ3n) is 3.99. The molecule has 0 spiro atoms. The Labute approximate surface area is 145 Å². The molecule has 0 amide bonds. The van der Waals surface area contributed by atoms with Gasteiger partial charge < -0.3 is 9.52 Å². The highest BCUT2D eigenvalue weighted by Crippen LogP contribution is 2.28. The Morgan fingerprint density at radius 1 is 1.20 bits per heavy atom. The smallest absolute Gasteiger partial charge is 0.240 e. The number of nitrogens with one attached hydrogen (secondary N) is 1. The molecule has 132 valence electrons. The van der Waals surface area contributed by atoms with Crippen LogP contribution in [0.1, 0.15) is 18.2 Å². The largest absolute Gasteiger partial charge is 0.458 e. The topological polar surface area (TPSA) is 79.5 Å². The molecule has 0 fully saturated rings. The maximum atomic E-state index is 13.2. The number of para-hydroxylation sites is 1. The number of hydrogen-bond donors (Lipinski definition) is 2. The van der Waals surface area contributed by atoms with Crippen LogP contribution in [0, 0.1) is 12.7 Å². The number of fused-ring (bicyclic) bond motifs is 1. The number of aliphatic hydroxyl groups is 1. The number of sulfonamides is 1. The second-order valence-electron chi connectivity index (χ2n) is 6.16. The monoisotopic (exact) mass is 363 g/mol. The minimum atomic E-state index is -3.90. The van der Waals surface area contributed by atoms with Crippen molar-refractivity contribution in [3.63, 3.8) is 0 Å². The molecule has 1 atom stereocenters. The highest BCUT2D eigenvalue weighted by atomic mass is 32.2. The summed E-state index contributed by atoms with van der Waals surface area (Å²) >= 11 is 0. The molecule has 1 heterocycles. The molecule has 25 heavy (non-hydrogen) atoms. The van der Waals surface area contributed by atoms with Crippen LogP contribution in [-0.2, 0) is 15.6 Å².